The van der Waals surface area contributed by atoms with Crippen molar-refractivity contribution in [2.45, 2.75) is 5.03 Å². The molecule has 0 saturated carbocycles. The Labute approximate surface area is 115 Å². The Morgan fingerprint density at radius 2 is 2.11 bits per heavy atom. The summed E-state index contributed by atoms with van der Waals surface area (Å²) in [6.07, 6.45) is 0. The van der Waals surface area contributed by atoms with Gasteiger partial charge in [-0.25, -0.2) is 4.39 Å². The Hall–Kier alpha value is -1.66. The molecule has 0 atom stereocenters. The van der Waals surface area contributed by atoms with Gasteiger partial charge >= 0.3 is 0 Å². The number of fused-ring (bicyclic) bond motifs is 1. The second-order valence-electron chi connectivity index (χ2n) is 4.63. The number of aromatic amines is 1. The minimum absolute atomic E-state index is 0.273. The second kappa shape index (κ2) is 5.14. The molecule has 0 unspecified atom stereocenters. The van der Waals surface area contributed by atoms with E-state index in [1.807, 2.05) is 19.0 Å². The molecule has 0 saturated heterocycles. The van der Waals surface area contributed by atoms with Crippen LogP contribution in [-0.2, 0) is 0 Å². The first-order valence-electron chi connectivity index (χ1n) is 5.71. The summed E-state index contributed by atoms with van der Waals surface area (Å²) in [7, 11) is 3.77. The van der Waals surface area contributed by atoms with E-state index in [4.69, 9.17) is 5.41 Å². The average Bonchev–Trinajstić information content (AvgIpc) is 2.29. The number of nitrogens with zero attached hydrogens (tertiary/aromatic N) is 1. The monoisotopic (exact) mass is 280 g/mol. The first-order chi connectivity index (χ1) is 8.90. The topological polar surface area (TPSA) is 61.7 Å². The molecular weight excluding hydrogens is 265 g/mol. The first kappa shape index (κ1) is 13.8. The standard InChI is InChI=1S/C13H14FN3OS/c1-17(2)6-10(15)11-8-4-3-7(14)5-9(8)12(18)16-13(11)19/h3-5,15H,6H2,1-2H3,(H2,16,18,19)/p+1. The van der Waals surface area contributed by atoms with E-state index in [1.165, 1.54) is 12.1 Å². The molecule has 2 rings (SSSR count). The minimum Gasteiger partial charge on any atom is -0.316 e. The number of pyridine rings is 1. The van der Waals surface area contributed by atoms with Crippen LogP contribution in [0.1, 0.15) is 5.56 Å². The number of nitrogens with two attached hydrogens (primary N) is 1. The fraction of sp³-hybridized carbons (Fsp3) is 0.231. The van der Waals surface area contributed by atoms with E-state index in [0.29, 0.717) is 28.2 Å². The third kappa shape index (κ3) is 2.69. The molecule has 1 heterocycles. The van der Waals surface area contributed by atoms with Gasteiger partial charge in [0.2, 0.25) is 0 Å². The van der Waals surface area contributed by atoms with Gasteiger partial charge in [-0.15, -0.1) is 12.6 Å². The molecule has 1 aromatic heterocycles. The predicted molar refractivity (Wildman–Crippen MR) is 76.4 cm³/mol. The summed E-state index contributed by atoms with van der Waals surface area (Å²) in [4.78, 5) is 16.3. The van der Waals surface area contributed by atoms with E-state index < -0.39 is 5.82 Å². The molecule has 100 valence electrons. The lowest BCUT2D eigenvalue weighted by atomic mass is 10.0. The Bertz CT molecular complexity index is 709. The minimum atomic E-state index is -0.456. The molecule has 3 N–H and O–H groups in total. The zero-order chi connectivity index (χ0) is 14.2. The van der Waals surface area contributed by atoms with E-state index in [2.05, 4.69) is 17.6 Å². The van der Waals surface area contributed by atoms with Gasteiger partial charge in [-0.2, -0.15) is 0 Å². The van der Waals surface area contributed by atoms with Crippen LogP contribution in [0.3, 0.4) is 0 Å². The highest BCUT2D eigenvalue weighted by Gasteiger charge is 2.18. The number of hydrogen-bond donors (Lipinski definition) is 3. The molecule has 0 spiro atoms. The maximum Gasteiger partial charge on any atom is 0.256 e. The molecule has 6 heteroatoms. The molecule has 0 bridgehead atoms. The van der Waals surface area contributed by atoms with Crippen molar-refractivity contribution in [1.29, 1.82) is 0 Å². The smallest absolute Gasteiger partial charge is 0.256 e. The van der Waals surface area contributed by atoms with Crippen LogP contribution < -0.4 is 11.0 Å². The summed E-state index contributed by atoms with van der Waals surface area (Å²) in [6, 6.07) is 4.06. The van der Waals surface area contributed by atoms with E-state index in [1.54, 1.807) is 6.07 Å². The fourth-order valence-corrected chi connectivity index (χ4v) is 2.40. The second-order valence-corrected chi connectivity index (χ2v) is 5.08. The zero-order valence-electron chi connectivity index (χ0n) is 10.7. The van der Waals surface area contributed by atoms with Crippen LogP contribution >= 0.6 is 12.6 Å². The zero-order valence-corrected chi connectivity index (χ0v) is 11.6. The highest BCUT2D eigenvalue weighted by atomic mass is 32.1. The maximum absolute atomic E-state index is 13.2. The fourth-order valence-electron chi connectivity index (χ4n) is 2.03. The van der Waals surface area contributed by atoms with Gasteiger partial charge in [-0.1, -0.05) is 6.07 Å². The summed E-state index contributed by atoms with van der Waals surface area (Å²) in [5.74, 6) is -0.456. The van der Waals surface area contributed by atoms with Gasteiger partial charge in [0.25, 0.3) is 5.56 Å². The number of aromatic nitrogens is 1. The highest BCUT2D eigenvalue weighted by molar-refractivity contribution is 7.80. The van der Waals surface area contributed by atoms with Crippen molar-refractivity contribution in [1.82, 2.24) is 9.88 Å². The summed E-state index contributed by atoms with van der Waals surface area (Å²) in [5, 5.41) is 7.33. The van der Waals surface area contributed by atoms with Crippen molar-refractivity contribution >= 4 is 29.1 Å². The van der Waals surface area contributed by atoms with E-state index in [9.17, 15) is 9.18 Å². The third-order valence-electron chi connectivity index (χ3n) is 2.77. The maximum atomic E-state index is 13.2. The van der Waals surface area contributed by atoms with Gasteiger partial charge in [-0.3, -0.25) is 15.1 Å². The van der Waals surface area contributed by atoms with Crippen LogP contribution in [0.5, 0.6) is 0 Å². The normalized spacial score (nSPS) is 11.2. The van der Waals surface area contributed by atoms with Crippen LogP contribution in [-0.4, -0.2) is 36.2 Å². The Kier molecular flexibility index (Phi) is 3.73. The van der Waals surface area contributed by atoms with Crippen molar-refractivity contribution < 1.29 is 9.80 Å². The third-order valence-corrected chi connectivity index (χ3v) is 3.11. The van der Waals surface area contributed by atoms with Crippen molar-refractivity contribution in [2.24, 2.45) is 0 Å². The van der Waals surface area contributed by atoms with Gasteiger partial charge in [0.1, 0.15) is 5.82 Å². The van der Waals surface area contributed by atoms with E-state index >= 15 is 0 Å². The molecule has 0 radical (unpaired) electrons. The lowest BCUT2D eigenvalue weighted by molar-refractivity contribution is -0.115. The number of hydrogen-bond acceptors (Lipinski definition) is 3. The Morgan fingerprint density at radius 3 is 2.74 bits per heavy atom. The van der Waals surface area contributed by atoms with Crippen LogP contribution in [0.25, 0.3) is 10.8 Å². The molecule has 0 aliphatic rings. The molecule has 19 heavy (non-hydrogen) atoms. The largest absolute Gasteiger partial charge is 0.316 e. The van der Waals surface area contributed by atoms with E-state index in [-0.39, 0.29) is 10.9 Å². The summed E-state index contributed by atoms with van der Waals surface area (Å²) >= 11 is 4.26. The number of benzene rings is 1. The lowest BCUT2D eigenvalue weighted by Crippen LogP contribution is -2.46. The summed E-state index contributed by atoms with van der Waals surface area (Å²) in [5.41, 5.74) is 0.843. The molecular formula is C13H15FN3OS+. The number of H-pyrrole nitrogens is 1. The average molecular weight is 280 g/mol. The van der Waals surface area contributed by atoms with Crippen LogP contribution in [0.2, 0.25) is 0 Å². The Balaban J connectivity index is 2.73. The van der Waals surface area contributed by atoms with Gasteiger partial charge < -0.3 is 4.98 Å². The molecule has 4 nitrogen and oxygen atoms in total. The summed E-state index contributed by atoms with van der Waals surface area (Å²) in [6.45, 7) is 0.520. The SMILES string of the molecule is CN(C)CC(=[NH2+])c1c(S)[nH]c(=O)c2cc(F)ccc12. The Morgan fingerprint density at radius 1 is 1.42 bits per heavy atom. The van der Waals surface area contributed by atoms with Crippen molar-refractivity contribution in [2.75, 3.05) is 20.6 Å². The molecule has 0 fully saturated rings. The summed E-state index contributed by atoms with van der Waals surface area (Å²) < 4.78 is 13.2. The number of nitrogens with one attached hydrogen (secondary N) is 1. The first-order valence-corrected chi connectivity index (χ1v) is 6.15. The highest BCUT2D eigenvalue weighted by Crippen LogP contribution is 2.21. The predicted octanol–water partition coefficient (Wildman–Crippen LogP) is 0.0657. The van der Waals surface area contributed by atoms with Crippen molar-refractivity contribution in [3.8, 4) is 0 Å². The van der Waals surface area contributed by atoms with Crippen molar-refractivity contribution in [3.05, 3.63) is 39.9 Å². The number of halogens is 1. The van der Waals surface area contributed by atoms with Gasteiger partial charge in [0.15, 0.2) is 5.71 Å². The van der Waals surface area contributed by atoms with Crippen LogP contribution in [0.15, 0.2) is 28.0 Å². The molecule has 0 aliphatic carbocycles. The van der Waals surface area contributed by atoms with Crippen LogP contribution in [0.4, 0.5) is 4.39 Å². The van der Waals surface area contributed by atoms with Crippen LogP contribution in [0, 0.1) is 5.82 Å². The molecule has 2 aromatic rings. The molecule has 0 amide bonds. The van der Waals surface area contributed by atoms with Gasteiger partial charge in [0, 0.05) is 5.39 Å². The number of thiol groups is 1. The van der Waals surface area contributed by atoms with Crippen molar-refractivity contribution in [3.63, 3.8) is 0 Å². The lowest BCUT2D eigenvalue weighted by Gasteiger charge is -2.11. The number of rotatable bonds is 3. The van der Waals surface area contributed by atoms with E-state index in [0.717, 1.165) is 0 Å². The van der Waals surface area contributed by atoms with Gasteiger partial charge in [0.05, 0.1) is 22.5 Å². The number of likely N-dealkylation sites (N-methyl/N-ethyl adjacent to an activating group) is 1. The quantitative estimate of drug-likeness (QED) is 0.550. The molecule has 1 aromatic carbocycles. The van der Waals surface area contributed by atoms with Gasteiger partial charge in [-0.05, 0) is 26.2 Å². The molecule has 0 aliphatic heterocycles.